The zero-order valence-corrected chi connectivity index (χ0v) is 20.0. The van der Waals surface area contributed by atoms with Gasteiger partial charge < -0.3 is 15.2 Å². The summed E-state index contributed by atoms with van der Waals surface area (Å²) in [5.41, 5.74) is 4.12. The molecule has 0 aliphatic carbocycles. The summed E-state index contributed by atoms with van der Waals surface area (Å²) in [6.45, 7) is 2.05. The third kappa shape index (κ3) is 5.11. The average molecular weight is 493 g/mol. The SMILES string of the molecule is COc1ccc(-c2cccc(C(=O)O)c2)cc1CNC(=O)c1sc(-c2ccc(Cl)cc2)nc1C. The van der Waals surface area contributed by atoms with E-state index in [1.807, 2.05) is 37.3 Å². The van der Waals surface area contributed by atoms with Crippen LogP contribution >= 0.6 is 22.9 Å². The molecular formula is C26H21ClN2O4S. The zero-order valence-electron chi connectivity index (χ0n) is 18.5. The first-order valence-corrected chi connectivity index (χ1v) is 11.6. The number of carbonyl (C=O) groups is 2. The first-order valence-electron chi connectivity index (χ1n) is 10.4. The number of aromatic carboxylic acids is 1. The molecule has 0 saturated heterocycles. The van der Waals surface area contributed by atoms with Crippen LogP contribution in [0.15, 0.2) is 66.7 Å². The Morgan fingerprint density at radius 2 is 1.74 bits per heavy atom. The fourth-order valence-corrected chi connectivity index (χ4v) is 4.62. The van der Waals surface area contributed by atoms with Crippen LogP contribution in [0.25, 0.3) is 21.7 Å². The number of nitrogens with zero attached hydrogens (tertiary/aromatic N) is 1. The summed E-state index contributed by atoms with van der Waals surface area (Å²) >= 11 is 7.29. The number of aryl methyl sites for hydroxylation is 1. The van der Waals surface area contributed by atoms with Crippen LogP contribution in [0.2, 0.25) is 5.02 Å². The van der Waals surface area contributed by atoms with Crippen LogP contribution in [0.5, 0.6) is 5.75 Å². The van der Waals surface area contributed by atoms with Crippen LogP contribution in [-0.2, 0) is 6.54 Å². The Balaban J connectivity index is 1.55. The highest BCUT2D eigenvalue weighted by molar-refractivity contribution is 7.17. The Morgan fingerprint density at radius 3 is 2.44 bits per heavy atom. The number of aromatic nitrogens is 1. The molecule has 1 aromatic heterocycles. The number of carbonyl (C=O) groups excluding carboxylic acids is 1. The molecule has 0 atom stereocenters. The van der Waals surface area contributed by atoms with E-state index in [-0.39, 0.29) is 18.0 Å². The molecule has 1 heterocycles. The molecule has 34 heavy (non-hydrogen) atoms. The molecule has 6 nitrogen and oxygen atoms in total. The third-order valence-corrected chi connectivity index (χ3v) is 6.71. The maximum atomic E-state index is 12.9. The predicted octanol–water partition coefficient (Wildman–Crippen LogP) is 6.08. The summed E-state index contributed by atoms with van der Waals surface area (Å²) in [6.07, 6.45) is 0. The van der Waals surface area contributed by atoms with Crippen molar-refractivity contribution in [2.45, 2.75) is 13.5 Å². The number of halogens is 1. The van der Waals surface area contributed by atoms with Crippen molar-refractivity contribution in [2.75, 3.05) is 7.11 Å². The summed E-state index contributed by atoms with van der Waals surface area (Å²) in [5, 5.41) is 13.6. The number of thiazole rings is 1. The van der Waals surface area contributed by atoms with Crippen LogP contribution < -0.4 is 10.1 Å². The smallest absolute Gasteiger partial charge is 0.335 e. The molecule has 0 bridgehead atoms. The van der Waals surface area contributed by atoms with Gasteiger partial charge in [-0.05, 0) is 54.4 Å². The van der Waals surface area contributed by atoms with Crippen molar-refractivity contribution in [1.29, 1.82) is 0 Å². The fourth-order valence-electron chi connectivity index (χ4n) is 3.51. The highest BCUT2D eigenvalue weighted by atomic mass is 35.5. The number of hydrogen-bond donors (Lipinski definition) is 2. The molecular weight excluding hydrogens is 472 g/mol. The van der Waals surface area contributed by atoms with Gasteiger partial charge in [-0.3, -0.25) is 4.79 Å². The number of carboxylic acid groups (broad SMARTS) is 1. The van der Waals surface area contributed by atoms with E-state index in [0.717, 1.165) is 27.3 Å². The molecule has 4 rings (SSSR count). The number of hydrogen-bond acceptors (Lipinski definition) is 5. The zero-order chi connectivity index (χ0) is 24.2. The summed E-state index contributed by atoms with van der Waals surface area (Å²) in [4.78, 5) is 29.3. The molecule has 1 amide bonds. The van der Waals surface area contributed by atoms with Crippen LogP contribution in [0, 0.1) is 6.92 Å². The first-order chi connectivity index (χ1) is 16.4. The topological polar surface area (TPSA) is 88.5 Å². The van der Waals surface area contributed by atoms with Crippen LogP contribution in [0.3, 0.4) is 0 Å². The van der Waals surface area contributed by atoms with E-state index >= 15 is 0 Å². The minimum absolute atomic E-state index is 0.209. The Hall–Kier alpha value is -3.68. The van der Waals surface area contributed by atoms with Crippen LogP contribution in [0.4, 0.5) is 0 Å². The van der Waals surface area contributed by atoms with Gasteiger partial charge in [0.15, 0.2) is 0 Å². The van der Waals surface area contributed by atoms with Gasteiger partial charge in [0.2, 0.25) is 0 Å². The number of ether oxygens (including phenoxy) is 1. The largest absolute Gasteiger partial charge is 0.496 e. The molecule has 0 unspecified atom stereocenters. The van der Waals surface area contributed by atoms with Crippen molar-refractivity contribution in [3.8, 4) is 27.4 Å². The van der Waals surface area contributed by atoms with Crippen LogP contribution in [0.1, 0.15) is 31.3 Å². The molecule has 0 fully saturated rings. The maximum Gasteiger partial charge on any atom is 0.335 e. The fraction of sp³-hybridized carbons (Fsp3) is 0.115. The molecule has 0 radical (unpaired) electrons. The van der Waals surface area contributed by atoms with Gasteiger partial charge in [0.25, 0.3) is 5.91 Å². The van der Waals surface area contributed by atoms with Gasteiger partial charge in [0.05, 0.1) is 18.4 Å². The van der Waals surface area contributed by atoms with Gasteiger partial charge in [0, 0.05) is 22.7 Å². The molecule has 0 spiro atoms. The number of rotatable bonds is 7. The molecule has 8 heteroatoms. The second kappa shape index (κ2) is 10.1. The lowest BCUT2D eigenvalue weighted by Gasteiger charge is -2.12. The molecule has 2 N–H and O–H groups in total. The van der Waals surface area contributed by atoms with Gasteiger partial charge in [-0.15, -0.1) is 11.3 Å². The molecule has 0 aliphatic rings. The molecule has 0 saturated carbocycles. The molecule has 4 aromatic rings. The average Bonchev–Trinajstić information content (AvgIpc) is 3.24. The van der Waals surface area contributed by atoms with E-state index in [1.54, 1.807) is 43.5 Å². The quantitative estimate of drug-likeness (QED) is 0.326. The summed E-state index contributed by atoms with van der Waals surface area (Å²) in [5.74, 6) is -0.586. The lowest BCUT2D eigenvalue weighted by atomic mass is 10.0. The van der Waals surface area contributed by atoms with Crippen molar-refractivity contribution in [1.82, 2.24) is 10.3 Å². The highest BCUT2D eigenvalue weighted by Crippen LogP contribution is 2.30. The second-order valence-corrected chi connectivity index (χ2v) is 8.97. The minimum atomic E-state index is -0.985. The maximum absolute atomic E-state index is 12.9. The van der Waals surface area contributed by atoms with Crippen molar-refractivity contribution >= 4 is 34.8 Å². The summed E-state index contributed by atoms with van der Waals surface area (Å²) < 4.78 is 5.47. The van der Waals surface area contributed by atoms with Crippen molar-refractivity contribution in [3.05, 3.63) is 93.5 Å². The van der Waals surface area contributed by atoms with E-state index in [2.05, 4.69) is 10.3 Å². The van der Waals surface area contributed by atoms with E-state index in [4.69, 9.17) is 16.3 Å². The lowest BCUT2D eigenvalue weighted by molar-refractivity contribution is 0.0696. The number of benzene rings is 3. The minimum Gasteiger partial charge on any atom is -0.496 e. The predicted molar refractivity (Wildman–Crippen MR) is 134 cm³/mol. The van der Waals surface area contributed by atoms with Crippen LogP contribution in [-0.4, -0.2) is 29.1 Å². The Kier molecular flexibility index (Phi) is 6.95. The van der Waals surface area contributed by atoms with E-state index in [1.165, 1.54) is 11.3 Å². The van der Waals surface area contributed by atoms with Gasteiger partial charge in [-0.2, -0.15) is 0 Å². The summed E-state index contributed by atoms with van der Waals surface area (Å²) in [7, 11) is 1.57. The molecule has 3 aromatic carbocycles. The second-order valence-electron chi connectivity index (χ2n) is 7.54. The highest BCUT2D eigenvalue weighted by Gasteiger charge is 2.17. The number of methoxy groups -OCH3 is 1. The van der Waals surface area contributed by atoms with Crippen molar-refractivity contribution in [2.24, 2.45) is 0 Å². The van der Waals surface area contributed by atoms with Gasteiger partial charge in [0.1, 0.15) is 15.6 Å². The standard InChI is InChI=1S/C26H21ClN2O4S/c1-15-23(34-25(29-15)16-6-9-21(27)10-7-16)24(30)28-14-20-13-18(8-11-22(20)33-2)17-4-3-5-19(12-17)26(31)32/h3-13H,14H2,1-2H3,(H,28,30)(H,31,32). The van der Waals surface area contributed by atoms with E-state index < -0.39 is 5.97 Å². The molecule has 172 valence electrons. The van der Waals surface area contributed by atoms with Crippen molar-refractivity contribution in [3.63, 3.8) is 0 Å². The Labute approximate surface area is 205 Å². The molecule has 0 aliphatic heterocycles. The monoisotopic (exact) mass is 492 g/mol. The number of carboxylic acids is 1. The Morgan fingerprint density at radius 1 is 1.03 bits per heavy atom. The van der Waals surface area contributed by atoms with Crippen molar-refractivity contribution < 1.29 is 19.4 Å². The van der Waals surface area contributed by atoms with Gasteiger partial charge in [-0.25, -0.2) is 9.78 Å². The van der Waals surface area contributed by atoms with E-state index in [0.29, 0.717) is 21.3 Å². The van der Waals surface area contributed by atoms with Gasteiger partial charge in [-0.1, -0.05) is 41.9 Å². The Bertz CT molecular complexity index is 1370. The lowest BCUT2D eigenvalue weighted by Crippen LogP contribution is -2.22. The van der Waals surface area contributed by atoms with Gasteiger partial charge >= 0.3 is 5.97 Å². The summed E-state index contributed by atoms with van der Waals surface area (Å²) in [6, 6.07) is 19.6. The first kappa shape index (κ1) is 23.5. The number of nitrogens with one attached hydrogen (secondary N) is 1. The third-order valence-electron chi connectivity index (χ3n) is 5.26. The normalized spacial score (nSPS) is 10.7. The van der Waals surface area contributed by atoms with E-state index in [9.17, 15) is 14.7 Å². The number of amides is 1.